The minimum absolute atomic E-state index is 0.189. The van der Waals surface area contributed by atoms with Crippen molar-refractivity contribution in [2.75, 3.05) is 19.4 Å². The third-order valence-corrected chi connectivity index (χ3v) is 5.52. The summed E-state index contributed by atoms with van der Waals surface area (Å²) in [6.45, 7) is 4.25. The highest BCUT2D eigenvalue weighted by Crippen LogP contribution is 2.29. The van der Waals surface area contributed by atoms with Crippen molar-refractivity contribution in [3.63, 3.8) is 0 Å². The van der Waals surface area contributed by atoms with Crippen LogP contribution < -0.4 is 0 Å². The second-order valence-electron chi connectivity index (χ2n) is 5.30. The van der Waals surface area contributed by atoms with Gasteiger partial charge in [-0.05, 0) is 58.4 Å². The molecule has 0 aliphatic heterocycles. The van der Waals surface area contributed by atoms with Crippen molar-refractivity contribution in [1.29, 1.82) is 0 Å². The van der Waals surface area contributed by atoms with Crippen LogP contribution in [-0.4, -0.2) is 25.3 Å². The molecule has 24 heavy (non-hydrogen) atoms. The Bertz CT molecular complexity index is 652. The van der Waals surface area contributed by atoms with Crippen molar-refractivity contribution in [2.24, 2.45) is 5.92 Å². The van der Waals surface area contributed by atoms with Gasteiger partial charge in [0.25, 0.3) is 0 Å². The van der Waals surface area contributed by atoms with Gasteiger partial charge in [-0.2, -0.15) is 11.3 Å². The molecule has 0 aliphatic carbocycles. The molecule has 0 fully saturated rings. The van der Waals surface area contributed by atoms with Crippen LogP contribution in [-0.2, 0) is 25.0 Å². The van der Waals surface area contributed by atoms with E-state index in [0.29, 0.717) is 19.6 Å². The normalized spacial score (nSPS) is 12.7. The smallest absolute Gasteiger partial charge is 0.466 e. The summed E-state index contributed by atoms with van der Waals surface area (Å²) in [6, 6.07) is 10.2. The molecule has 0 saturated carbocycles. The Hall–Kier alpha value is -1.55. The quantitative estimate of drug-likeness (QED) is 0.468. The van der Waals surface area contributed by atoms with Gasteiger partial charge in [0.15, 0.2) is 6.16 Å². The van der Waals surface area contributed by atoms with Gasteiger partial charge in [0.05, 0.1) is 13.2 Å². The molecule has 0 N–H and O–H groups in total. The van der Waals surface area contributed by atoms with Crippen molar-refractivity contribution >= 4 is 25.3 Å². The van der Waals surface area contributed by atoms with E-state index in [2.05, 4.69) is 11.4 Å². The second-order valence-corrected chi connectivity index (χ2v) is 7.36. The predicted octanol–water partition coefficient (Wildman–Crippen LogP) is 4.92. The first-order chi connectivity index (χ1) is 11.6. The summed E-state index contributed by atoms with van der Waals surface area (Å²) in [6.07, 6.45) is 0.686. The van der Waals surface area contributed by atoms with Gasteiger partial charge < -0.3 is 4.74 Å². The fraction of sp³-hybridized carbons (Fsp3) is 0.389. The Morgan fingerprint density at radius 3 is 2.46 bits per heavy atom. The lowest BCUT2D eigenvalue weighted by atomic mass is 9.99. The molecule has 1 heterocycles. The summed E-state index contributed by atoms with van der Waals surface area (Å²) in [5, 5.41) is 4.15. The molecule has 1 aromatic heterocycles. The van der Waals surface area contributed by atoms with Crippen molar-refractivity contribution in [2.45, 2.75) is 20.3 Å². The van der Waals surface area contributed by atoms with Gasteiger partial charge in [-0.15, -0.1) is 4.52 Å². The number of thiophene rings is 1. The fourth-order valence-corrected chi connectivity index (χ4v) is 4.10. The van der Waals surface area contributed by atoms with Gasteiger partial charge in [0, 0.05) is 0 Å². The lowest BCUT2D eigenvalue weighted by molar-refractivity contribution is -0.147. The van der Waals surface area contributed by atoms with Crippen molar-refractivity contribution < 1.29 is 18.6 Å². The monoisotopic (exact) mass is 365 g/mol. The zero-order valence-corrected chi connectivity index (χ0v) is 15.6. The molecule has 1 aromatic carbocycles. The number of hydrogen-bond donors (Lipinski definition) is 0. The third-order valence-electron chi connectivity index (χ3n) is 3.55. The van der Waals surface area contributed by atoms with Crippen LogP contribution >= 0.6 is 19.4 Å². The molecule has 0 bridgehead atoms. The van der Waals surface area contributed by atoms with E-state index in [-0.39, 0.29) is 12.1 Å². The van der Waals surface area contributed by atoms with E-state index in [0.717, 1.165) is 11.1 Å². The lowest BCUT2D eigenvalue weighted by Crippen LogP contribution is -2.22. The molecule has 0 amide bonds. The van der Waals surface area contributed by atoms with Crippen LogP contribution in [0.3, 0.4) is 0 Å². The molecule has 0 spiro atoms. The van der Waals surface area contributed by atoms with Gasteiger partial charge in [-0.3, -0.25) is 4.79 Å². The van der Waals surface area contributed by atoms with Crippen LogP contribution in [0.2, 0.25) is 0 Å². The minimum atomic E-state index is -1.84. The SMILES string of the molecule is CCOC(=O)C(Cc1ccc(-c2ccsc2)cc1)C[P+](=O)OCC. The number of benzene rings is 1. The van der Waals surface area contributed by atoms with E-state index >= 15 is 0 Å². The number of esters is 1. The Morgan fingerprint density at radius 2 is 1.88 bits per heavy atom. The Kier molecular flexibility index (Phi) is 7.57. The minimum Gasteiger partial charge on any atom is -0.466 e. The van der Waals surface area contributed by atoms with Gasteiger partial charge in [-0.1, -0.05) is 24.3 Å². The summed E-state index contributed by atoms with van der Waals surface area (Å²) in [4.78, 5) is 12.1. The van der Waals surface area contributed by atoms with Crippen molar-refractivity contribution in [3.05, 3.63) is 46.7 Å². The average molecular weight is 365 g/mol. The van der Waals surface area contributed by atoms with Gasteiger partial charge >= 0.3 is 14.0 Å². The molecule has 2 aromatic rings. The molecular formula is C18H22O4PS+. The maximum absolute atomic E-state index is 12.1. The molecule has 6 heteroatoms. The lowest BCUT2D eigenvalue weighted by Gasteiger charge is -2.11. The highest BCUT2D eigenvalue weighted by atomic mass is 32.1. The maximum atomic E-state index is 12.1. The van der Waals surface area contributed by atoms with E-state index in [1.165, 1.54) is 5.56 Å². The standard InChI is InChI=1S/C18H22O4PS/c1-3-21-18(19)17(12-23(20)22-4-2)11-14-5-7-15(8-6-14)16-9-10-24-13-16/h5-10,13,17H,3-4,11-12H2,1-2H3/q+1. The summed E-state index contributed by atoms with van der Waals surface area (Å²) in [7, 11) is -1.84. The Balaban J connectivity index is 2.07. The van der Waals surface area contributed by atoms with E-state index in [4.69, 9.17) is 9.26 Å². The van der Waals surface area contributed by atoms with Crippen LogP contribution in [0.25, 0.3) is 11.1 Å². The molecule has 128 valence electrons. The maximum Gasteiger partial charge on any atom is 0.508 e. The molecule has 0 radical (unpaired) electrons. The number of rotatable bonds is 9. The molecular weight excluding hydrogens is 343 g/mol. The van der Waals surface area contributed by atoms with Crippen molar-refractivity contribution in [1.82, 2.24) is 0 Å². The summed E-state index contributed by atoms with van der Waals surface area (Å²) >= 11 is 1.66. The average Bonchev–Trinajstić information content (AvgIpc) is 3.10. The first-order valence-corrected chi connectivity index (χ1v) is 10.3. The van der Waals surface area contributed by atoms with Crippen LogP contribution in [0.15, 0.2) is 41.1 Å². The van der Waals surface area contributed by atoms with Crippen LogP contribution in [0.5, 0.6) is 0 Å². The van der Waals surface area contributed by atoms with E-state index < -0.39 is 13.9 Å². The van der Waals surface area contributed by atoms with E-state index in [1.807, 2.05) is 29.6 Å². The third kappa shape index (κ3) is 5.52. The topological polar surface area (TPSA) is 52.6 Å². The highest BCUT2D eigenvalue weighted by molar-refractivity contribution is 7.39. The van der Waals surface area contributed by atoms with Crippen LogP contribution in [0, 0.1) is 5.92 Å². The molecule has 4 nitrogen and oxygen atoms in total. The zero-order chi connectivity index (χ0) is 17.4. The van der Waals surface area contributed by atoms with E-state index in [9.17, 15) is 9.36 Å². The van der Waals surface area contributed by atoms with Crippen molar-refractivity contribution in [3.8, 4) is 11.1 Å². The molecule has 2 atom stereocenters. The number of hydrogen-bond acceptors (Lipinski definition) is 5. The Labute approximate surface area is 147 Å². The summed E-state index contributed by atoms with van der Waals surface area (Å²) < 4.78 is 22.1. The fourth-order valence-electron chi connectivity index (χ4n) is 2.41. The molecule has 0 aliphatic rings. The van der Waals surface area contributed by atoms with Crippen LogP contribution in [0.4, 0.5) is 0 Å². The van der Waals surface area contributed by atoms with Gasteiger partial charge in [0.1, 0.15) is 5.92 Å². The largest absolute Gasteiger partial charge is 0.508 e. The van der Waals surface area contributed by atoms with Gasteiger partial charge in [0.2, 0.25) is 0 Å². The first-order valence-electron chi connectivity index (χ1n) is 7.99. The zero-order valence-electron chi connectivity index (χ0n) is 13.9. The summed E-state index contributed by atoms with van der Waals surface area (Å²) in [5.74, 6) is -0.769. The molecule has 2 rings (SSSR count). The van der Waals surface area contributed by atoms with Crippen LogP contribution in [0.1, 0.15) is 19.4 Å². The summed E-state index contributed by atoms with van der Waals surface area (Å²) in [5.41, 5.74) is 3.35. The first kappa shape index (κ1) is 18.8. The molecule has 2 unspecified atom stereocenters. The number of ether oxygens (including phenoxy) is 1. The second kappa shape index (κ2) is 9.67. The van der Waals surface area contributed by atoms with Gasteiger partial charge in [-0.25, -0.2) is 0 Å². The number of carbonyl (C=O) groups is 1. The molecule has 0 saturated heterocycles. The van der Waals surface area contributed by atoms with E-state index in [1.54, 1.807) is 25.2 Å². The highest BCUT2D eigenvalue weighted by Gasteiger charge is 2.31. The Morgan fingerprint density at radius 1 is 1.12 bits per heavy atom. The predicted molar refractivity (Wildman–Crippen MR) is 97.7 cm³/mol. The number of carbonyl (C=O) groups excluding carboxylic acids is 1.